The molecule has 0 aliphatic carbocycles. The van der Waals surface area contributed by atoms with E-state index in [9.17, 15) is 0 Å². The van der Waals surface area contributed by atoms with Gasteiger partial charge in [-0.25, -0.2) is 4.79 Å². The van der Waals surface area contributed by atoms with Crippen LogP contribution in [0.3, 0.4) is 0 Å². The fourth-order valence-electron chi connectivity index (χ4n) is 0.427. The van der Waals surface area contributed by atoms with Gasteiger partial charge in [0.1, 0.15) is 0 Å². The first-order chi connectivity index (χ1) is 5.91. The maximum absolute atomic E-state index is 9.00. The van der Waals surface area contributed by atoms with Crippen molar-refractivity contribution in [2.45, 2.75) is 0 Å². The molecule has 0 radical (unpaired) electrons. The zero-order valence-corrected chi connectivity index (χ0v) is 10.4. The number of urea groups is 1. The zero-order valence-electron chi connectivity index (χ0n) is 8.24. The van der Waals surface area contributed by atoms with Crippen LogP contribution < -0.4 is 28.7 Å². The van der Waals surface area contributed by atoms with E-state index in [0.717, 1.165) is 0 Å². The van der Waals surface area contributed by atoms with Crippen molar-refractivity contribution in [3.05, 3.63) is 0 Å². The third-order valence-corrected chi connectivity index (χ3v) is 0.687. The van der Waals surface area contributed by atoms with Gasteiger partial charge in [-0.3, -0.25) is 0 Å². The van der Waals surface area contributed by atoms with E-state index in [-0.39, 0.29) is 66.5 Å². The number of carbonyl (C=O) groups excluding carboxylic acids is 1. The molecule has 1 aromatic rings. The molecule has 0 aromatic carbocycles. The molecular weight excluding hydrogens is 248 g/mol. The van der Waals surface area contributed by atoms with Crippen LogP contribution in [0.5, 0.6) is 0 Å². The second kappa shape index (κ2) is 11.9. The average molecular weight is 260 g/mol. The molecule has 2 amide bonds. The van der Waals surface area contributed by atoms with Crippen LogP contribution in [-0.2, 0) is 0 Å². The van der Waals surface area contributed by atoms with Crippen molar-refractivity contribution in [1.29, 1.82) is 0 Å². The monoisotopic (exact) mass is 260 g/mol. The predicted molar refractivity (Wildman–Crippen MR) is 56.5 cm³/mol. The zero-order chi connectivity index (χ0) is 10.4. The maximum atomic E-state index is 9.00. The summed E-state index contributed by atoms with van der Waals surface area (Å²) in [7, 11) is 0. The molecule has 0 atom stereocenters. The fourth-order valence-corrected chi connectivity index (χ4v) is 0.427. The van der Waals surface area contributed by atoms with E-state index in [1.807, 2.05) is 0 Å². The SMILES string of the molecule is NC(N)=O.Nc1nc(N)nc(N)n1.[Ca+2].[OH-].[OH-]. The Morgan fingerprint density at radius 2 is 0.938 bits per heavy atom. The van der Waals surface area contributed by atoms with E-state index in [0.29, 0.717) is 0 Å². The van der Waals surface area contributed by atoms with Gasteiger partial charge >= 0.3 is 43.8 Å². The first kappa shape index (κ1) is 24.2. The summed E-state index contributed by atoms with van der Waals surface area (Å²) in [6, 6.07) is -0.833. The minimum Gasteiger partial charge on any atom is -0.870 e. The molecule has 12 N–H and O–H groups in total. The summed E-state index contributed by atoms with van der Waals surface area (Å²) in [5.41, 5.74) is 23.9. The number of anilines is 3. The molecule has 0 aliphatic rings. The summed E-state index contributed by atoms with van der Waals surface area (Å²) in [6.07, 6.45) is 0. The van der Waals surface area contributed by atoms with Crippen LogP contribution >= 0.6 is 0 Å². The first-order valence-electron chi connectivity index (χ1n) is 2.99. The molecule has 0 bridgehead atoms. The predicted octanol–water partition coefficient (Wildman–Crippen LogP) is -3.09. The van der Waals surface area contributed by atoms with Gasteiger partial charge < -0.3 is 39.6 Å². The van der Waals surface area contributed by atoms with E-state index in [1.165, 1.54) is 0 Å². The molecule has 1 heterocycles. The molecule has 0 fully saturated rings. The number of primary amides is 2. The van der Waals surface area contributed by atoms with Gasteiger partial charge in [0.15, 0.2) is 0 Å². The molecule has 88 valence electrons. The summed E-state index contributed by atoms with van der Waals surface area (Å²) < 4.78 is 0. The topological polar surface area (TPSA) is 246 Å². The van der Waals surface area contributed by atoms with Crippen LogP contribution in [0.2, 0.25) is 0 Å². The third-order valence-electron chi connectivity index (χ3n) is 0.687. The van der Waals surface area contributed by atoms with Gasteiger partial charge in [-0.15, -0.1) is 0 Å². The molecule has 1 rings (SSSR count). The second-order valence-corrected chi connectivity index (χ2v) is 1.81. The van der Waals surface area contributed by atoms with E-state index in [2.05, 4.69) is 26.4 Å². The Kier molecular flexibility index (Phi) is 18.0. The Morgan fingerprint density at radius 1 is 0.812 bits per heavy atom. The fraction of sp³-hybridized carbons (Fsp3) is 0. The number of rotatable bonds is 0. The van der Waals surface area contributed by atoms with Crippen LogP contribution in [-0.4, -0.2) is 69.7 Å². The van der Waals surface area contributed by atoms with Gasteiger partial charge in [0.05, 0.1) is 0 Å². The molecule has 0 unspecified atom stereocenters. The number of hydrogen-bond acceptors (Lipinski definition) is 9. The number of aromatic nitrogens is 3. The Bertz CT molecular complexity index is 255. The third kappa shape index (κ3) is 15.3. The van der Waals surface area contributed by atoms with Crippen LogP contribution in [0.1, 0.15) is 0 Å². The number of carbonyl (C=O) groups is 1. The number of hydrogen-bond donors (Lipinski definition) is 5. The van der Waals surface area contributed by atoms with E-state index in [4.69, 9.17) is 22.0 Å². The molecule has 11 nitrogen and oxygen atoms in total. The summed E-state index contributed by atoms with van der Waals surface area (Å²) in [4.78, 5) is 19.5. The first-order valence-corrected chi connectivity index (χ1v) is 2.99. The number of nitrogens with two attached hydrogens (primary N) is 5. The molecule has 1 aromatic heterocycles. The van der Waals surface area contributed by atoms with Crippen molar-refractivity contribution < 1.29 is 15.7 Å². The van der Waals surface area contributed by atoms with E-state index >= 15 is 0 Å². The van der Waals surface area contributed by atoms with Gasteiger partial charge in [0.25, 0.3) is 0 Å². The van der Waals surface area contributed by atoms with Gasteiger partial charge in [0.2, 0.25) is 17.8 Å². The normalized spacial score (nSPS) is 6.75. The van der Waals surface area contributed by atoms with Gasteiger partial charge in [-0.05, 0) is 0 Å². The summed E-state index contributed by atoms with van der Waals surface area (Å²) in [5, 5.41) is 0. The Balaban J connectivity index is -0.0000000921. The van der Waals surface area contributed by atoms with E-state index in [1.54, 1.807) is 0 Å². The number of amides is 2. The standard InChI is InChI=1S/C3H6N6.CH4N2O.Ca.2H2O/c4-1-7-2(5)9-3(6)8-1;2-1(3)4;;;/h(H6,4,5,6,7,8,9);(H4,2,3,4);;2*1H2/q;;+2;;/p-2. The maximum Gasteiger partial charge on any atom is 2.00 e. The van der Waals surface area contributed by atoms with Crippen molar-refractivity contribution in [2.24, 2.45) is 11.5 Å². The summed E-state index contributed by atoms with van der Waals surface area (Å²) in [5.74, 6) is 0.125. The smallest absolute Gasteiger partial charge is 0.870 e. The Hall–Kier alpha value is -1.14. The summed E-state index contributed by atoms with van der Waals surface area (Å²) >= 11 is 0. The number of nitrogens with zero attached hydrogens (tertiary/aromatic N) is 3. The molecule has 0 spiro atoms. The molecule has 0 aliphatic heterocycles. The molecule has 12 heteroatoms. The second-order valence-electron chi connectivity index (χ2n) is 1.81. The molecule has 16 heavy (non-hydrogen) atoms. The van der Waals surface area contributed by atoms with Crippen LogP contribution in [0.15, 0.2) is 0 Å². The van der Waals surface area contributed by atoms with Gasteiger partial charge in [-0.1, -0.05) is 0 Å². The molecule has 0 saturated heterocycles. The number of nitrogen functional groups attached to an aromatic ring is 3. The minimum absolute atomic E-state index is 0. The quantitative estimate of drug-likeness (QED) is 0.296. The van der Waals surface area contributed by atoms with Crippen molar-refractivity contribution in [3.63, 3.8) is 0 Å². The van der Waals surface area contributed by atoms with Crippen LogP contribution in [0, 0.1) is 0 Å². The average Bonchev–Trinajstić information content (AvgIpc) is 1.80. The van der Waals surface area contributed by atoms with Gasteiger partial charge in [-0.2, -0.15) is 15.0 Å². The van der Waals surface area contributed by atoms with Gasteiger partial charge in [0, 0.05) is 0 Å². The molecular formula is C4H12CaN8O3. The minimum atomic E-state index is -0.833. The van der Waals surface area contributed by atoms with Crippen LogP contribution in [0.25, 0.3) is 0 Å². The summed E-state index contributed by atoms with van der Waals surface area (Å²) in [6.45, 7) is 0. The van der Waals surface area contributed by atoms with Crippen molar-refractivity contribution in [3.8, 4) is 0 Å². The van der Waals surface area contributed by atoms with Crippen LogP contribution in [0.4, 0.5) is 22.6 Å². The van der Waals surface area contributed by atoms with Crippen molar-refractivity contribution in [1.82, 2.24) is 15.0 Å². The molecule has 0 saturated carbocycles. The Labute approximate surface area is 120 Å². The van der Waals surface area contributed by atoms with Crippen molar-refractivity contribution in [2.75, 3.05) is 17.2 Å². The largest absolute Gasteiger partial charge is 2.00 e. The van der Waals surface area contributed by atoms with E-state index < -0.39 is 6.03 Å². The van der Waals surface area contributed by atoms with Crippen molar-refractivity contribution >= 4 is 61.6 Å². The Morgan fingerprint density at radius 3 is 1.06 bits per heavy atom.